The maximum absolute atomic E-state index is 14.2. The predicted octanol–water partition coefficient (Wildman–Crippen LogP) is 4.16. The number of nitrogen functional groups attached to an aromatic ring is 1. The Bertz CT molecular complexity index is 1360. The second kappa shape index (κ2) is 9.03. The van der Waals surface area contributed by atoms with Gasteiger partial charge >= 0.3 is 6.08 Å². The van der Waals surface area contributed by atoms with Crippen LogP contribution in [0.15, 0.2) is 29.0 Å². The van der Waals surface area contributed by atoms with Crippen LogP contribution >= 0.6 is 0 Å². The minimum Gasteiger partial charge on any atom is -0.445 e. The summed E-state index contributed by atoms with van der Waals surface area (Å²) in [5.41, 5.74) is 11.8. The fourth-order valence-electron chi connectivity index (χ4n) is 5.74. The van der Waals surface area contributed by atoms with Crippen LogP contribution in [-0.4, -0.2) is 49.0 Å². The summed E-state index contributed by atoms with van der Waals surface area (Å²) in [6.07, 6.45) is 10.9. The van der Waals surface area contributed by atoms with Crippen LogP contribution in [0, 0.1) is 6.08 Å². The highest BCUT2D eigenvalue weighted by Gasteiger charge is 2.24. The monoisotopic (exact) mass is 475 g/mol. The van der Waals surface area contributed by atoms with E-state index in [0.29, 0.717) is 36.1 Å². The number of rotatable bonds is 6. The molecule has 2 aliphatic rings. The fourth-order valence-corrected chi connectivity index (χ4v) is 5.74. The zero-order chi connectivity index (χ0) is 23.9. The Labute approximate surface area is 203 Å². The van der Waals surface area contributed by atoms with E-state index in [0.717, 1.165) is 49.2 Å². The number of aryl methyl sites for hydroxylation is 3. The van der Waals surface area contributed by atoms with Gasteiger partial charge in [0.05, 0.1) is 6.20 Å². The molecule has 0 saturated carbocycles. The Morgan fingerprint density at radius 3 is 2.77 bits per heavy atom. The Morgan fingerprint density at radius 1 is 1.11 bits per heavy atom. The van der Waals surface area contributed by atoms with E-state index in [1.165, 1.54) is 30.4 Å². The SMILES string of the molecule is CN1CCCCC1CCn1c(Cc2cc3c(cc2-c2ncco2)CCC3)nc2c(N)nc(F)nc21. The summed E-state index contributed by atoms with van der Waals surface area (Å²) >= 11 is 0. The number of hydrogen-bond donors (Lipinski definition) is 1. The molecule has 1 saturated heterocycles. The molecule has 35 heavy (non-hydrogen) atoms. The van der Waals surface area contributed by atoms with Crippen molar-refractivity contribution in [1.29, 1.82) is 0 Å². The first-order chi connectivity index (χ1) is 17.1. The lowest BCUT2D eigenvalue weighted by molar-refractivity contribution is 0.171. The molecule has 0 amide bonds. The van der Waals surface area contributed by atoms with Gasteiger partial charge in [0.15, 0.2) is 17.0 Å². The van der Waals surface area contributed by atoms with Crippen molar-refractivity contribution >= 4 is 17.0 Å². The Morgan fingerprint density at radius 2 is 1.97 bits per heavy atom. The standard InChI is InChI=1S/C26H30FN7O/c1-33-10-3-2-7-19(33)8-11-34-21(30-22-23(28)31-26(27)32-24(22)34)15-18-13-16-5-4-6-17(16)14-20(18)25-29-9-12-35-25/h9,12-14,19H,2-8,10-11,15H2,1H3,(H2,28,31,32). The van der Waals surface area contributed by atoms with Crippen molar-refractivity contribution in [3.63, 3.8) is 0 Å². The first-order valence-corrected chi connectivity index (χ1v) is 12.5. The van der Waals surface area contributed by atoms with Crippen molar-refractivity contribution in [2.75, 3.05) is 19.3 Å². The maximum Gasteiger partial charge on any atom is 0.312 e. The molecule has 1 fully saturated rings. The number of nitrogens with zero attached hydrogens (tertiary/aromatic N) is 6. The minimum absolute atomic E-state index is 0.0733. The van der Waals surface area contributed by atoms with E-state index in [2.05, 4.69) is 39.0 Å². The minimum atomic E-state index is -0.824. The number of anilines is 1. The van der Waals surface area contributed by atoms with Crippen molar-refractivity contribution in [3.05, 3.63) is 53.2 Å². The van der Waals surface area contributed by atoms with Crippen LogP contribution in [0.4, 0.5) is 10.2 Å². The fraction of sp³-hybridized carbons (Fsp3) is 0.462. The second-order valence-corrected chi connectivity index (χ2v) is 9.79. The number of likely N-dealkylation sites (tertiary alicyclic amines) is 1. The lowest BCUT2D eigenvalue weighted by Crippen LogP contribution is -2.36. The van der Waals surface area contributed by atoms with Gasteiger partial charge in [0.1, 0.15) is 12.1 Å². The number of nitrogens with two attached hydrogens (primary N) is 1. The highest BCUT2D eigenvalue weighted by Crippen LogP contribution is 2.33. The summed E-state index contributed by atoms with van der Waals surface area (Å²) in [5, 5.41) is 0. The normalized spacial score (nSPS) is 18.4. The highest BCUT2D eigenvalue weighted by molar-refractivity contribution is 5.82. The van der Waals surface area contributed by atoms with Crippen molar-refractivity contribution in [2.45, 2.75) is 64.0 Å². The molecule has 0 radical (unpaired) electrons. The van der Waals surface area contributed by atoms with Crippen LogP contribution in [0.5, 0.6) is 0 Å². The van der Waals surface area contributed by atoms with Gasteiger partial charge in [-0.15, -0.1) is 0 Å². The summed E-state index contributed by atoms with van der Waals surface area (Å²) in [6, 6.07) is 4.96. The maximum atomic E-state index is 14.2. The molecule has 1 aliphatic heterocycles. The number of benzene rings is 1. The molecule has 2 N–H and O–H groups in total. The Hall–Kier alpha value is -3.33. The molecule has 0 spiro atoms. The average molecular weight is 476 g/mol. The smallest absolute Gasteiger partial charge is 0.312 e. The molecule has 9 heteroatoms. The molecule has 182 valence electrons. The summed E-state index contributed by atoms with van der Waals surface area (Å²) in [5.74, 6) is 1.48. The average Bonchev–Trinajstić information content (AvgIpc) is 3.59. The molecule has 1 atom stereocenters. The van der Waals surface area contributed by atoms with Gasteiger partial charge in [-0.1, -0.05) is 12.5 Å². The number of fused-ring (bicyclic) bond motifs is 2. The Balaban J connectivity index is 1.41. The topological polar surface area (TPSA) is 98.9 Å². The predicted molar refractivity (Wildman–Crippen MR) is 131 cm³/mol. The molecule has 8 nitrogen and oxygen atoms in total. The summed E-state index contributed by atoms with van der Waals surface area (Å²) < 4.78 is 21.9. The molecule has 1 unspecified atom stereocenters. The van der Waals surface area contributed by atoms with Gasteiger partial charge in [0.25, 0.3) is 0 Å². The zero-order valence-electron chi connectivity index (χ0n) is 20.0. The number of oxazole rings is 1. The largest absolute Gasteiger partial charge is 0.445 e. The molecule has 3 aromatic heterocycles. The molecular weight excluding hydrogens is 445 g/mol. The number of halogens is 1. The van der Waals surface area contributed by atoms with Crippen LogP contribution in [0.25, 0.3) is 22.6 Å². The third-order valence-electron chi connectivity index (χ3n) is 7.61. The van der Waals surface area contributed by atoms with E-state index in [9.17, 15) is 4.39 Å². The van der Waals surface area contributed by atoms with E-state index in [-0.39, 0.29) is 5.82 Å². The van der Waals surface area contributed by atoms with Crippen molar-refractivity contribution < 1.29 is 8.81 Å². The van der Waals surface area contributed by atoms with Crippen LogP contribution in [0.2, 0.25) is 0 Å². The molecule has 6 rings (SSSR count). The Kier molecular flexibility index (Phi) is 5.72. The van der Waals surface area contributed by atoms with E-state index in [1.807, 2.05) is 4.57 Å². The highest BCUT2D eigenvalue weighted by atomic mass is 19.1. The van der Waals surface area contributed by atoms with Crippen molar-refractivity contribution in [1.82, 2.24) is 29.4 Å². The van der Waals surface area contributed by atoms with Crippen LogP contribution < -0.4 is 5.73 Å². The van der Waals surface area contributed by atoms with Gasteiger partial charge in [-0.2, -0.15) is 14.4 Å². The third-order valence-corrected chi connectivity index (χ3v) is 7.61. The quantitative estimate of drug-likeness (QED) is 0.418. The number of hydrogen-bond acceptors (Lipinski definition) is 7. The van der Waals surface area contributed by atoms with Gasteiger partial charge in [0, 0.05) is 24.6 Å². The van der Waals surface area contributed by atoms with Crippen LogP contribution in [0.3, 0.4) is 0 Å². The van der Waals surface area contributed by atoms with E-state index < -0.39 is 6.08 Å². The van der Waals surface area contributed by atoms with Gasteiger partial charge in [-0.05, 0) is 74.9 Å². The number of aromatic nitrogens is 5. The van der Waals surface area contributed by atoms with Gasteiger partial charge < -0.3 is 19.6 Å². The van der Waals surface area contributed by atoms with Crippen molar-refractivity contribution in [2.24, 2.45) is 0 Å². The molecular formula is C26H30FN7O. The summed E-state index contributed by atoms with van der Waals surface area (Å²) in [7, 11) is 2.18. The molecule has 1 aliphatic carbocycles. The number of imidazole rings is 1. The van der Waals surface area contributed by atoms with Crippen molar-refractivity contribution in [3.8, 4) is 11.5 Å². The first kappa shape index (κ1) is 22.2. The summed E-state index contributed by atoms with van der Waals surface area (Å²) in [6.45, 7) is 1.80. The van der Waals surface area contributed by atoms with Gasteiger partial charge in [0.2, 0.25) is 5.89 Å². The van der Waals surface area contributed by atoms with E-state index in [1.54, 1.807) is 12.5 Å². The van der Waals surface area contributed by atoms with Crippen LogP contribution in [-0.2, 0) is 25.8 Å². The molecule has 4 heterocycles. The molecule has 0 bridgehead atoms. The third kappa shape index (κ3) is 4.18. The lowest BCUT2D eigenvalue weighted by atomic mass is 9.97. The van der Waals surface area contributed by atoms with Gasteiger partial charge in [-0.3, -0.25) is 0 Å². The summed E-state index contributed by atoms with van der Waals surface area (Å²) in [4.78, 5) is 19.5. The van der Waals surface area contributed by atoms with E-state index in [4.69, 9.17) is 15.1 Å². The number of piperidine rings is 1. The second-order valence-electron chi connectivity index (χ2n) is 9.79. The van der Waals surface area contributed by atoms with Crippen LogP contribution in [0.1, 0.15) is 54.6 Å². The van der Waals surface area contributed by atoms with Gasteiger partial charge in [-0.25, -0.2) is 9.97 Å². The van der Waals surface area contributed by atoms with E-state index >= 15 is 0 Å². The first-order valence-electron chi connectivity index (χ1n) is 12.5. The zero-order valence-corrected chi connectivity index (χ0v) is 20.0. The lowest BCUT2D eigenvalue weighted by Gasteiger charge is -2.32. The molecule has 1 aromatic carbocycles. The molecule has 4 aromatic rings.